The highest BCUT2D eigenvalue weighted by molar-refractivity contribution is 5.99. The van der Waals surface area contributed by atoms with Gasteiger partial charge in [0.2, 0.25) is 0 Å². The van der Waals surface area contributed by atoms with Crippen LogP contribution < -0.4 is 5.73 Å². The maximum absolute atomic E-state index is 13.3. The Labute approximate surface area is 111 Å². The highest BCUT2D eigenvalue weighted by atomic mass is 19.2. The van der Waals surface area contributed by atoms with Crippen LogP contribution >= 0.6 is 0 Å². The fourth-order valence-electron chi connectivity index (χ4n) is 2.01. The third-order valence-electron chi connectivity index (χ3n) is 3.36. The zero-order valence-corrected chi connectivity index (χ0v) is 11.1. The van der Waals surface area contributed by atoms with E-state index in [2.05, 4.69) is 0 Å². The predicted molar refractivity (Wildman–Crippen MR) is 69.7 cm³/mol. The van der Waals surface area contributed by atoms with Crippen molar-refractivity contribution in [3.05, 3.63) is 29.3 Å². The highest BCUT2D eigenvalue weighted by Crippen LogP contribution is 2.31. The van der Waals surface area contributed by atoms with Gasteiger partial charge >= 0.3 is 0 Å². The van der Waals surface area contributed by atoms with E-state index in [9.17, 15) is 13.6 Å². The number of nitrogens with zero attached hydrogens (tertiary/aromatic N) is 1. The molecule has 3 nitrogen and oxygen atoms in total. The molecule has 0 bridgehead atoms. The minimum Gasteiger partial charge on any atom is -0.398 e. The van der Waals surface area contributed by atoms with Gasteiger partial charge < -0.3 is 10.6 Å². The van der Waals surface area contributed by atoms with Gasteiger partial charge in [0.15, 0.2) is 11.6 Å². The van der Waals surface area contributed by atoms with E-state index in [0.29, 0.717) is 12.5 Å². The van der Waals surface area contributed by atoms with E-state index in [1.165, 1.54) is 0 Å². The lowest BCUT2D eigenvalue weighted by Gasteiger charge is -2.27. The van der Waals surface area contributed by atoms with Crippen molar-refractivity contribution in [3.8, 4) is 0 Å². The summed E-state index contributed by atoms with van der Waals surface area (Å²) in [6.07, 6.45) is 2.23. The van der Waals surface area contributed by atoms with Gasteiger partial charge in [-0.2, -0.15) is 0 Å². The van der Waals surface area contributed by atoms with Crippen LogP contribution in [0, 0.1) is 17.6 Å². The van der Waals surface area contributed by atoms with E-state index in [4.69, 9.17) is 5.73 Å². The predicted octanol–water partition coefficient (Wildman–Crippen LogP) is 2.81. The summed E-state index contributed by atoms with van der Waals surface area (Å²) in [5.41, 5.74) is 5.63. The largest absolute Gasteiger partial charge is 0.398 e. The molecule has 0 aromatic heterocycles. The Bertz CT molecular complexity index is 498. The first-order valence-electron chi connectivity index (χ1n) is 6.45. The van der Waals surface area contributed by atoms with Gasteiger partial charge in [0, 0.05) is 24.3 Å². The van der Waals surface area contributed by atoms with Crippen molar-refractivity contribution in [2.75, 3.05) is 12.3 Å². The standard InChI is InChI=1S/C14H18F2N2O/c1-8(2)18(7-9-3-4-9)14(19)10-5-11(15)12(16)6-13(10)17/h5-6,8-9H,3-4,7,17H2,1-2H3. The van der Waals surface area contributed by atoms with Gasteiger partial charge in [-0.25, -0.2) is 8.78 Å². The Morgan fingerprint density at radius 1 is 1.37 bits per heavy atom. The summed E-state index contributed by atoms with van der Waals surface area (Å²) in [5, 5.41) is 0. The number of hydrogen-bond donors (Lipinski definition) is 1. The number of carbonyl (C=O) groups is 1. The lowest BCUT2D eigenvalue weighted by molar-refractivity contribution is 0.0696. The number of nitrogens with two attached hydrogens (primary N) is 1. The molecule has 0 heterocycles. The number of hydrogen-bond acceptors (Lipinski definition) is 2. The van der Waals surface area contributed by atoms with Gasteiger partial charge in [-0.3, -0.25) is 4.79 Å². The first-order chi connectivity index (χ1) is 8.90. The Balaban J connectivity index is 2.27. The van der Waals surface area contributed by atoms with Crippen molar-refractivity contribution in [2.45, 2.75) is 32.7 Å². The second-order valence-electron chi connectivity index (χ2n) is 5.35. The second kappa shape index (κ2) is 5.15. The molecule has 1 aromatic rings. The molecule has 2 rings (SSSR count). The van der Waals surface area contributed by atoms with Crippen molar-refractivity contribution in [3.63, 3.8) is 0 Å². The smallest absolute Gasteiger partial charge is 0.256 e. The first-order valence-corrected chi connectivity index (χ1v) is 6.45. The SMILES string of the molecule is CC(C)N(CC1CC1)C(=O)c1cc(F)c(F)cc1N. The quantitative estimate of drug-likeness (QED) is 0.853. The molecular weight excluding hydrogens is 250 g/mol. The van der Waals surface area contributed by atoms with Gasteiger partial charge in [0.05, 0.1) is 5.56 Å². The molecule has 5 heteroatoms. The molecule has 1 amide bonds. The van der Waals surface area contributed by atoms with Crippen molar-refractivity contribution in [1.29, 1.82) is 0 Å². The lowest BCUT2D eigenvalue weighted by atomic mass is 10.1. The Morgan fingerprint density at radius 2 is 1.95 bits per heavy atom. The number of carbonyl (C=O) groups excluding carboxylic acids is 1. The molecule has 1 saturated carbocycles. The normalized spacial score (nSPS) is 14.8. The molecule has 0 saturated heterocycles. The summed E-state index contributed by atoms with van der Waals surface area (Å²) in [4.78, 5) is 14.1. The van der Waals surface area contributed by atoms with Gasteiger partial charge in [-0.15, -0.1) is 0 Å². The summed E-state index contributed by atoms with van der Waals surface area (Å²) in [5.74, 6) is -1.89. The molecule has 1 aliphatic carbocycles. The zero-order chi connectivity index (χ0) is 14.2. The van der Waals surface area contributed by atoms with Crippen LogP contribution in [0.5, 0.6) is 0 Å². The number of halogens is 2. The second-order valence-corrected chi connectivity index (χ2v) is 5.35. The topological polar surface area (TPSA) is 46.3 Å². The van der Waals surface area contributed by atoms with Crippen molar-refractivity contribution in [1.82, 2.24) is 4.90 Å². The highest BCUT2D eigenvalue weighted by Gasteiger charge is 2.29. The Hall–Kier alpha value is -1.65. The number of anilines is 1. The molecule has 0 spiro atoms. The maximum Gasteiger partial charge on any atom is 0.256 e. The molecular formula is C14H18F2N2O. The zero-order valence-electron chi connectivity index (χ0n) is 11.1. The van der Waals surface area contributed by atoms with Crippen LogP contribution in [-0.4, -0.2) is 23.4 Å². The van der Waals surface area contributed by atoms with Crippen LogP contribution in [-0.2, 0) is 0 Å². The van der Waals surface area contributed by atoms with Crippen LogP contribution in [0.4, 0.5) is 14.5 Å². The van der Waals surface area contributed by atoms with Crippen molar-refractivity contribution < 1.29 is 13.6 Å². The van der Waals surface area contributed by atoms with Crippen LogP contribution in [0.3, 0.4) is 0 Å². The summed E-state index contributed by atoms with van der Waals surface area (Å²) in [7, 11) is 0. The summed E-state index contributed by atoms with van der Waals surface area (Å²) in [6, 6.07) is 1.74. The summed E-state index contributed by atoms with van der Waals surface area (Å²) in [6.45, 7) is 4.45. The molecule has 104 valence electrons. The fraction of sp³-hybridized carbons (Fsp3) is 0.500. The minimum absolute atomic E-state index is 0.000569. The molecule has 1 aliphatic rings. The van der Waals surface area contributed by atoms with Gasteiger partial charge in [-0.05, 0) is 38.7 Å². The van der Waals surface area contributed by atoms with Crippen LogP contribution in [0.1, 0.15) is 37.0 Å². The Morgan fingerprint density at radius 3 is 2.47 bits per heavy atom. The molecule has 1 aromatic carbocycles. The molecule has 19 heavy (non-hydrogen) atoms. The fourth-order valence-corrected chi connectivity index (χ4v) is 2.01. The van der Waals surface area contributed by atoms with E-state index < -0.39 is 11.6 Å². The van der Waals surface area contributed by atoms with Gasteiger partial charge in [-0.1, -0.05) is 0 Å². The average Bonchev–Trinajstić information content (AvgIpc) is 3.13. The van der Waals surface area contributed by atoms with Gasteiger partial charge in [0.25, 0.3) is 5.91 Å². The average molecular weight is 268 g/mol. The minimum atomic E-state index is -1.05. The van der Waals surface area contributed by atoms with Crippen LogP contribution in [0.2, 0.25) is 0 Å². The van der Waals surface area contributed by atoms with E-state index in [0.717, 1.165) is 25.0 Å². The number of amides is 1. The van der Waals surface area contributed by atoms with E-state index in [1.807, 2.05) is 13.8 Å². The molecule has 0 radical (unpaired) electrons. The van der Waals surface area contributed by atoms with Crippen LogP contribution in [0.25, 0.3) is 0 Å². The van der Waals surface area contributed by atoms with Crippen molar-refractivity contribution >= 4 is 11.6 Å². The maximum atomic E-state index is 13.3. The van der Waals surface area contributed by atoms with E-state index >= 15 is 0 Å². The number of benzene rings is 1. The van der Waals surface area contributed by atoms with Crippen molar-refractivity contribution in [2.24, 2.45) is 5.92 Å². The third kappa shape index (κ3) is 3.03. The van der Waals surface area contributed by atoms with E-state index in [1.54, 1.807) is 4.90 Å². The first kappa shape index (κ1) is 13.8. The molecule has 0 unspecified atom stereocenters. The van der Waals surface area contributed by atoms with Gasteiger partial charge in [0.1, 0.15) is 0 Å². The monoisotopic (exact) mass is 268 g/mol. The van der Waals surface area contributed by atoms with Crippen LogP contribution in [0.15, 0.2) is 12.1 Å². The lowest BCUT2D eigenvalue weighted by Crippen LogP contribution is -2.38. The molecule has 2 N–H and O–H groups in total. The third-order valence-corrected chi connectivity index (χ3v) is 3.36. The summed E-state index contributed by atoms with van der Waals surface area (Å²) >= 11 is 0. The summed E-state index contributed by atoms with van der Waals surface area (Å²) < 4.78 is 26.3. The molecule has 0 atom stereocenters. The number of nitrogen functional groups attached to an aromatic ring is 1. The Kier molecular flexibility index (Phi) is 3.73. The molecule has 1 fully saturated rings. The van der Waals surface area contributed by atoms with E-state index in [-0.39, 0.29) is 23.2 Å². The molecule has 0 aliphatic heterocycles. The number of rotatable bonds is 4.